The van der Waals surface area contributed by atoms with Crippen LogP contribution in [0.4, 0.5) is 5.82 Å². The molecule has 1 amide bonds. The fourth-order valence-electron chi connectivity index (χ4n) is 3.12. The molecule has 148 valence electrons. The second-order valence-electron chi connectivity index (χ2n) is 6.51. The Hall–Kier alpha value is -2.80. The van der Waals surface area contributed by atoms with Crippen LogP contribution in [0.2, 0.25) is 5.02 Å². The van der Waals surface area contributed by atoms with E-state index in [9.17, 15) is 4.79 Å². The second-order valence-corrected chi connectivity index (χ2v) is 6.91. The number of halogens is 1. The van der Waals surface area contributed by atoms with Crippen LogP contribution in [-0.2, 0) is 0 Å². The highest BCUT2D eigenvalue weighted by molar-refractivity contribution is 6.32. The van der Waals surface area contributed by atoms with E-state index in [1.165, 1.54) is 0 Å². The lowest BCUT2D eigenvalue weighted by atomic mass is 10.2. The monoisotopic (exact) mass is 400 g/mol. The van der Waals surface area contributed by atoms with Gasteiger partial charge in [0, 0.05) is 51.0 Å². The highest BCUT2D eigenvalue weighted by Crippen LogP contribution is 2.25. The van der Waals surface area contributed by atoms with Crippen molar-refractivity contribution in [1.29, 1.82) is 0 Å². The third-order valence-electron chi connectivity index (χ3n) is 4.53. The van der Waals surface area contributed by atoms with Crippen molar-refractivity contribution in [3.05, 3.63) is 59.2 Å². The zero-order valence-electron chi connectivity index (χ0n) is 15.9. The lowest BCUT2D eigenvalue weighted by Crippen LogP contribution is -2.46. The molecule has 0 saturated carbocycles. The number of nitrogens with one attached hydrogen (secondary N) is 3. The summed E-state index contributed by atoms with van der Waals surface area (Å²) in [5.41, 5.74) is 0.657. The van der Waals surface area contributed by atoms with Crippen molar-refractivity contribution in [1.82, 2.24) is 20.9 Å². The normalized spacial score (nSPS) is 16.7. The van der Waals surface area contributed by atoms with E-state index in [1.807, 2.05) is 30.3 Å². The first-order chi connectivity index (χ1) is 13.7. The summed E-state index contributed by atoms with van der Waals surface area (Å²) in [5.74, 6) is 1.46. The van der Waals surface area contributed by atoms with Crippen LogP contribution in [0.1, 0.15) is 16.8 Å². The number of benzene rings is 1. The number of carbonyl (C=O) groups excluding carboxylic acids is 1. The lowest BCUT2D eigenvalue weighted by Gasteiger charge is -2.20. The molecule has 1 fully saturated rings. The van der Waals surface area contributed by atoms with Gasteiger partial charge in [0.05, 0.1) is 5.02 Å². The number of amides is 1. The smallest absolute Gasteiger partial charge is 0.251 e. The molecule has 1 aliphatic heterocycles. The third-order valence-corrected chi connectivity index (χ3v) is 4.83. The molecule has 3 N–H and O–H groups in total. The maximum absolute atomic E-state index is 12.0. The Bertz CT molecular complexity index is 813. The molecule has 0 spiro atoms. The number of anilines is 1. The Balaban J connectivity index is 1.40. The van der Waals surface area contributed by atoms with Crippen molar-refractivity contribution in [2.45, 2.75) is 12.5 Å². The maximum Gasteiger partial charge on any atom is 0.251 e. The molecule has 1 aromatic carbocycles. The van der Waals surface area contributed by atoms with Gasteiger partial charge in [0.25, 0.3) is 5.91 Å². The summed E-state index contributed by atoms with van der Waals surface area (Å²) in [4.78, 5) is 22.8. The number of carbonyl (C=O) groups is 1. The SMILES string of the molecule is CN=C(NCCNC(=O)c1ccccc1)NC1CCN(c2ncccc2Cl)C1. The highest BCUT2D eigenvalue weighted by atomic mass is 35.5. The number of rotatable bonds is 6. The van der Waals surface area contributed by atoms with Crippen molar-refractivity contribution < 1.29 is 4.79 Å². The van der Waals surface area contributed by atoms with Crippen molar-refractivity contribution >= 4 is 29.3 Å². The van der Waals surface area contributed by atoms with Crippen molar-refractivity contribution in [2.24, 2.45) is 4.99 Å². The van der Waals surface area contributed by atoms with Gasteiger partial charge < -0.3 is 20.9 Å². The van der Waals surface area contributed by atoms with Gasteiger partial charge in [0.15, 0.2) is 5.96 Å². The number of hydrogen-bond acceptors (Lipinski definition) is 4. The van der Waals surface area contributed by atoms with E-state index in [-0.39, 0.29) is 11.9 Å². The molecule has 1 aliphatic rings. The van der Waals surface area contributed by atoms with E-state index in [0.29, 0.717) is 29.6 Å². The molecule has 28 heavy (non-hydrogen) atoms. The second kappa shape index (κ2) is 9.94. The van der Waals surface area contributed by atoms with Gasteiger partial charge in [-0.3, -0.25) is 9.79 Å². The first kappa shape index (κ1) is 19.9. The number of guanidine groups is 1. The zero-order valence-corrected chi connectivity index (χ0v) is 16.6. The van der Waals surface area contributed by atoms with Gasteiger partial charge in [-0.2, -0.15) is 0 Å². The summed E-state index contributed by atoms with van der Waals surface area (Å²) in [6.07, 6.45) is 2.73. The Morgan fingerprint density at radius 1 is 1.21 bits per heavy atom. The summed E-state index contributed by atoms with van der Waals surface area (Å²) in [5, 5.41) is 10.2. The van der Waals surface area contributed by atoms with Gasteiger partial charge in [-0.15, -0.1) is 0 Å². The van der Waals surface area contributed by atoms with Crippen molar-refractivity contribution in [3.8, 4) is 0 Å². The molecule has 2 aromatic rings. The number of nitrogens with zero attached hydrogens (tertiary/aromatic N) is 3. The molecule has 1 atom stereocenters. The van der Waals surface area contributed by atoms with Gasteiger partial charge in [0.2, 0.25) is 0 Å². The molecule has 7 nitrogen and oxygen atoms in total. The average Bonchev–Trinajstić information content (AvgIpc) is 3.19. The molecule has 0 radical (unpaired) electrons. The Morgan fingerprint density at radius 2 is 2.00 bits per heavy atom. The molecule has 1 aromatic heterocycles. The first-order valence-electron chi connectivity index (χ1n) is 9.33. The summed E-state index contributed by atoms with van der Waals surface area (Å²) < 4.78 is 0. The van der Waals surface area contributed by atoms with Crippen LogP contribution in [0.5, 0.6) is 0 Å². The molecule has 8 heteroatoms. The minimum absolute atomic E-state index is 0.0796. The molecule has 2 heterocycles. The van der Waals surface area contributed by atoms with Crippen LogP contribution in [0.25, 0.3) is 0 Å². The third kappa shape index (κ3) is 5.36. The Labute approximate surface area is 170 Å². The van der Waals surface area contributed by atoms with Gasteiger partial charge >= 0.3 is 0 Å². The van der Waals surface area contributed by atoms with Gasteiger partial charge in [-0.05, 0) is 30.7 Å². The minimum Gasteiger partial charge on any atom is -0.355 e. The van der Waals surface area contributed by atoms with E-state index in [0.717, 1.165) is 25.3 Å². The molecule has 0 aliphatic carbocycles. The van der Waals surface area contributed by atoms with Crippen LogP contribution >= 0.6 is 11.6 Å². The van der Waals surface area contributed by atoms with Crippen molar-refractivity contribution in [2.75, 3.05) is 38.1 Å². The minimum atomic E-state index is -0.0796. The van der Waals surface area contributed by atoms with Crippen LogP contribution < -0.4 is 20.9 Å². The van der Waals surface area contributed by atoms with E-state index in [4.69, 9.17) is 11.6 Å². The summed E-state index contributed by atoms with van der Waals surface area (Å²) in [6.45, 7) is 2.79. The van der Waals surface area contributed by atoms with Crippen LogP contribution in [0, 0.1) is 0 Å². The molecule has 1 saturated heterocycles. The quantitative estimate of drug-likeness (QED) is 0.392. The average molecular weight is 401 g/mol. The molecule has 1 unspecified atom stereocenters. The topological polar surface area (TPSA) is 81.6 Å². The number of aliphatic imine (C=N–C) groups is 1. The largest absolute Gasteiger partial charge is 0.355 e. The van der Waals surface area contributed by atoms with Crippen LogP contribution in [0.3, 0.4) is 0 Å². The fraction of sp³-hybridized carbons (Fsp3) is 0.350. The summed E-state index contributed by atoms with van der Waals surface area (Å²) >= 11 is 6.24. The van der Waals surface area contributed by atoms with E-state index >= 15 is 0 Å². The molecule has 0 bridgehead atoms. The van der Waals surface area contributed by atoms with Gasteiger partial charge in [-0.25, -0.2) is 4.98 Å². The maximum atomic E-state index is 12.0. The Kier molecular flexibility index (Phi) is 7.08. The van der Waals surface area contributed by atoms with Crippen LogP contribution in [-0.4, -0.2) is 56.1 Å². The van der Waals surface area contributed by atoms with E-state index in [1.54, 1.807) is 25.4 Å². The molecular formula is C20H25ClN6O. The zero-order chi connectivity index (χ0) is 19.8. The van der Waals surface area contributed by atoms with Gasteiger partial charge in [0.1, 0.15) is 5.82 Å². The van der Waals surface area contributed by atoms with Crippen molar-refractivity contribution in [3.63, 3.8) is 0 Å². The summed E-state index contributed by atoms with van der Waals surface area (Å²) in [6, 6.07) is 13.1. The number of pyridine rings is 1. The number of aromatic nitrogens is 1. The predicted molar refractivity (Wildman–Crippen MR) is 113 cm³/mol. The fourth-order valence-corrected chi connectivity index (χ4v) is 3.36. The molecule has 3 rings (SSSR count). The number of hydrogen-bond donors (Lipinski definition) is 3. The Morgan fingerprint density at radius 3 is 2.75 bits per heavy atom. The molecular weight excluding hydrogens is 376 g/mol. The predicted octanol–water partition coefficient (Wildman–Crippen LogP) is 1.91. The van der Waals surface area contributed by atoms with Crippen LogP contribution in [0.15, 0.2) is 53.7 Å². The van der Waals surface area contributed by atoms with Gasteiger partial charge in [-0.1, -0.05) is 29.8 Å². The first-order valence-corrected chi connectivity index (χ1v) is 9.71. The summed E-state index contributed by atoms with van der Waals surface area (Å²) in [7, 11) is 1.74. The van der Waals surface area contributed by atoms with E-state index < -0.39 is 0 Å². The lowest BCUT2D eigenvalue weighted by molar-refractivity contribution is 0.0954. The highest BCUT2D eigenvalue weighted by Gasteiger charge is 2.25. The van der Waals surface area contributed by atoms with E-state index in [2.05, 4.69) is 30.8 Å². The standard InChI is InChI=1S/C20H25ClN6O/c1-22-20(25-12-11-24-19(28)15-6-3-2-4-7-15)26-16-9-13-27(14-16)18-17(21)8-5-10-23-18/h2-8,10,16H,9,11-14H2,1H3,(H,24,28)(H2,22,25,26).